The molecule has 0 saturated heterocycles. The highest BCUT2D eigenvalue weighted by Gasteiger charge is 2.27. The van der Waals surface area contributed by atoms with E-state index in [0.29, 0.717) is 12.3 Å². The maximum Gasteiger partial charge on any atom is 0.341 e. The van der Waals surface area contributed by atoms with E-state index < -0.39 is 5.97 Å². The summed E-state index contributed by atoms with van der Waals surface area (Å²) in [4.78, 5) is 15.8. The molecule has 0 atom stereocenters. The normalized spacial score (nSPS) is 13.5. The summed E-state index contributed by atoms with van der Waals surface area (Å²) in [5.41, 5.74) is 6.01. The van der Waals surface area contributed by atoms with Gasteiger partial charge in [0, 0.05) is 17.8 Å². The Kier molecular flexibility index (Phi) is 5.50. The number of carbonyl (C=O) groups is 1. The van der Waals surface area contributed by atoms with Gasteiger partial charge in [-0.15, -0.1) is 0 Å². The van der Waals surface area contributed by atoms with Crippen molar-refractivity contribution in [2.75, 3.05) is 6.61 Å². The van der Waals surface area contributed by atoms with Crippen LogP contribution in [0.4, 0.5) is 0 Å². The third kappa shape index (κ3) is 3.88. The van der Waals surface area contributed by atoms with Crippen LogP contribution in [0.25, 0.3) is 0 Å². The summed E-state index contributed by atoms with van der Waals surface area (Å²) in [7, 11) is 0. The number of aliphatic imine (C=N–C) groups is 1. The minimum absolute atomic E-state index is 0.286. The van der Waals surface area contributed by atoms with Gasteiger partial charge >= 0.3 is 5.97 Å². The Bertz CT molecular complexity index is 322. The van der Waals surface area contributed by atoms with Gasteiger partial charge in [0.2, 0.25) is 0 Å². The zero-order valence-corrected chi connectivity index (χ0v) is 10.4. The molecule has 90 valence electrons. The van der Waals surface area contributed by atoms with Gasteiger partial charge in [0.1, 0.15) is 0 Å². The molecule has 0 rings (SSSR count). The number of ether oxygens (including phenoxy) is 1. The monoisotopic (exact) mass is 224 g/mol. The summed E-state index contributed by atoms with van der Waals surface area (Å²) >= 11 is 0. The predicted molar refractivity (Wildman–Crippen MR) is 66.0 cm³/mol. The molecule has 2 N–H and O–H groups in total. The largest absolute Gasteiger partial charge is 0.462 e. The Morgan fingerprint density at radius 1 is 1.50 bits per heavy atom. The van der Waals surface area contributed by atoms with Gasteiger partial charge < -0.3 is 10.5 Å². The molecule has 0 aliphatic rings. The predicted octanol–water partition coefficient (Wildman–Crippen LogP) is 2.02. The Balaban J connectivity index is 5.28. The van der Waals surface area contributed by atoms with E-state index in [1.54, 1.807) is 6.92 Å². The molecule has 0 saturated carbocycles. The van der Waals surface area contributed by atoms with Crippen molar-refractivity contribution in [3.63, 3.8) is 0 Å². The average Bonchev–Trinajstić information content (AvgIpc) is 2.16. The van der Waals surface area contributed by atoms with Crippen molar-refractivity contribution in [3.8, 4) is 0 Å². The molecule has 0 fully saturated rings. The van der Waals surface area contributed by atoms with Crippen LogP contribution >= 0.6 is 0 Å². The minimum atomic E-state index is -0.458. The van der Waals surface area contributed by atoms with E-state index in [1.807, 2.05) is 20.8 Å². The zero-order valence-electron chi connectivity index (χ0n) is 10.4. The van der Waals surface area contributed by atoms with E-state index in [-0.39, 0.29) is 11.0 Å². The molecular formula is C12H20N2O2. The standard InChI is InChI=1S/C12H20N2O2/c1-6-14-10(12(3,4)5)9(8-13)11(15)16-7-2/h6,8H,1,7,13H2,2-5H3/b9-8+,14-10?. The summed E-state index contributed by atoms with van der Waals surface area (Å²) in [6.45, 7) is 11.4. The maximum absolute atomic E-state index is 11.7. The van der Waals surface area contributed by atoms with Gasteiger partial charge in [-0.05, 0) is 6.92 Å². The van der Waals surface area contributed by atoms with E-state index in [1.165, 1.54) is 12.4 Å². The first kappa shape index (κ1) is 14.4. The fourth-order valence-electron chi connectivity index (χ4n) is 1.21. The van der Waals surface area contributed by atoms with E-state index in [0.717, 1.165) is 0 Å². The molecular weight excluding hydrogens is 204 g/mol. The van der Waals surface area contributed by atoms with E-state index in [4.69, 9.17) is 10.5 Å². The Morgan fingerprint density at radius 2 is 2.06 bits per heavy atom. The highest BCUT2D eigenvalue weighted by Crippen LogP contribution is 2.22. The first-order valence-electron chi connectivity index (χ1n) is 5.17. The quantitative estimate of drug-likeness (QED) is 0.451. The van der Waals surface area contributed by atoms with E-state index in [2.05, 4.69) is 11.6 Å². The summed E-state index contributed by atoms with van der Waals surface area (Å²) < 4.78 is 4.92. The fraction of sp³-hybridized carbons (Fsp3) is 0.500. The van der Waals surface area contributed by atoms with Gasteiger partial charge in [0.05, 0.1) is 17.9 Å². The van der Waals surface area contributed by atoms with Gasteiger partial charge in [-0.2, -0.15) is 0 Å². The fourth-order valence-corrected chi connectivity index (χ4v) is 1.21. The van der Waals surface area contributed by atoms with Crippen molar-refractivity contribution >= 4 is 11.7 Å². The van der Waals surface area contributed by atoms with Gasteiger partial charge in [0.15, 0.2) is 0 Å². The smallest absolute Gasteiger partial charge is 0.341 e. The lowest BCUT2D eigenvalue weighted by atomic mass is 9.85. The lowest BCUT2D eigenvalue weighted by Gasteiger charge is -2.22. The first-order valence-corrected chi connectivity index (χ1v) is 5.17. The Hall–Kier alpha value is -1.58. The van der Waals surface area contributed by atoms with E-state index in [9.17, 15) is 4.79 Å². The molecule has 0 unspecified atom stereocenters. The number of hydrogen-bond donors (Lipinski definition) is 1. The van der Waals surface area contributed by atoms with Crippen molar-refractivity contribution in [2.45, 2.75) is 27.7 Å². The molecule has 0 amide bonds. The van der Waals surface area contributed by atoms with Crippen LogP contribution in [0.5, 0.6) is 0 Å². The number of nitrogens with two attached hydrogens (primary N) is 1. The third-order valence-corrected chi connectivity index (χ3v) is 1.85. The molecule has 0 radical (unpaired) electrons. The number of nitrogens with zero attached hydrogens (tertiary/aromatic N) is 1. The second-order valence-electron chi connectivity index (χ2n) is 4.21. The lowest BCUT2D eigenvalue weighted by molar-refractivity contribution is -0.137. The second kappa shape index (κ2) is 6.10. The molecule has 0 aromatic carbocycles. The van der Waals surface area contributed by atoms with Crippen LogP contribution in [0.1, 0.15) is 27.7 Å². The number of rotatable bonds is 4. The molecule has 4 nitrogen and oxygen atoms in total. The van der Waals surface area contributed by atoms with Crippen molar-refractivity contribution in [3.05, 3.63) is 24.6 Å². The first-order chi connectivity index (χ1) is 7.38. The van der Waals surface area contributed by atoms with Crippen LogP contribution in [-0.2, 0) is 9.53 Å². The second-order valence-corrected chi connectivity index (χ2v) is 4.21. The average molecular weight is 224 g/mol. The summed E-state index contributed by atoms with van der Waals surface area (Å²) in [5, 5.41) is 0. The summed E-state index contributed by atoms with van der Waals surface area (Å²) in [6.07, 6.45) is 2.62. The lowest BCUT2D eigenvalue weighted by Crippen LogP contribution is -2.28. The highest BCUT2D eigenvalue weighted by molar-refractivity contribution is 6.21. The van der Waals surface area contributed by atoms with Crippen LogP contribution in [-0.4, -0.2) is 18.3 Å². The van der Waals surface area contributed by atoms with Crippen LogP contribution in [0.15, 0.2) is 29.5 Å². The third-order valence-electron chi connectivity index (χ3n) is 1.85. The molecule has 0 spiro atoms. The van der Waals surface area contributed by atoms with Gasteiger partial charge in [0.25, 0.3) is 0 Å². The van der Waals surface area contributed by atoms with Crippen LogP contribution in [0.3, 0.4) is 0 Å². The Morgan fingerprint density at radius 3 is 2.38 bits per heavy atom. The van der Waals surface area contributed by atoms with Gasteiger partial charge in [-0.3, -0.25) is 4.99 Å². The molecule has 0 aliphatic heterocycles. The number of hydrogen-bond acceptors (Lipinski definition) is 4. The maximum atomic E-state index is 11.7. The summed E-state index contributed by atoms with van der Waals surface area (Å²) in [5.74, 6) is -0.458. The molecule has 0 aromatic rings. The molecule has 4 heteroatoms. The zero-order chi connectivity index (χ0) is 12.8. The van der Waals surface area contributed by atoms with Gasteiger partial charge in [-0.1, -0.05) is 27.4 Å². The van der Waals surface area contributed by atoms with Crippen molar-refractivity contribution in [1.29, 1.82) is 0 Å². The number of carbonyl (C=O) groups excluding carboxylic acids is 1. The molecule has 16 heavy (non-hydrogen) atoms. The minimum Gasteiger partial charge on any atom is -0.462 e. The Labute approximate surface area is 96.9 Å². The molecule has 0 heterocycles. The van der Waals surface area contributed by atoms with Crippen LogP contribution in [0, 0.1) is 5.41 Å². The number of esters is 1. The molecule has 0 aliphatic carbocycles. The molecule has 0 bridgehead atoms. The van der Waals surface area contributed by atoms with Crippen molar-refractivity contribution < 1.29 is 9.53 Å². The SMILES string of the molecule is C=CN=C(/C(=C\N)C(=O)OCC)C(C)(C)C. The topological polar surface area (TPSA) is 64.7 Å². The van der Waals surface area contributed by atoms with E-state index >= 15 is 0 Å². The molecule has 0 aromatic heterocycles. The summed E-state index contributed by atoms with van der Waals surface area (Å²) in [6, 6.07) is 0. The van der Waals surface area contributed by atoms with Crippen LogP contribution in [0.2, 0.25) is 0 Å². The van der Waals surface area contributed by atoms with Crippen LogP contribution < -0.4 is 5.73 Å². The van der Waals surface area contributed by atoms with Gasteiger partial charge in [-0.25, -0.2) is 4.79 Å². The van der Waals surface area contributed by atoms with Crippen molar-refractivity contribution in [1.82, 2.24) is 0 Å². The highest BCUT2D eigenvalue weighted by atomic mass is 16.5. The van der Waals surface area contributed by atoms with Crippen molar-refractivity contribution in [2.24, 2.45) is 16.1 Å².